The molecule has 0 radical (unpaired) electrons. The molecule has 1 atom stereocenters. The minimum atomic E-state index is -0.209. The van der Waals surface area contributed by atoms with Crippen LogP contribution in [-0.4, -0.2) is 17.0 Å². The Morgan fingerprint density at radius 3 is 2.67 bits per heavy atom. The van der Waals surface area contributed by atoms with Gasteiger partial charge in [-0.3, -0.25) is 0 Å². The maximum absolute atomic E-state index is 13.3. The molecule has 0 fully saturated rings. The number of hydrogen-bond acceptors (Lipinski definition) is 3. The molecule has 2 aromatic rings. The number of aromatic nitrogens is 2. The lowest BCUT2D eigenvalue weighted by molar-refractivity contribution is 0.552. The van der Waals surface area contributed by atoms with Crippen molar-refractivity contribution in [3.63, 3.8) is 0 Å². The van der Waals surface area contributed by atoms with Gasteiger partial charge in [0.1, 0.15) is 11.6 Å². The predicted molar refractivity (Wildman–Crippen MR) is 68.7 cm³/mol. The van der Waals surface area contributed by atoms with E-state index in [0.29, 0.717) is 6.42 Å². The van der Waals surface area contributed by atoms with E-state index in [2.05, 4.69) is 15.3 Å². The second kappa shape index (κ2) is 5.69. The summed E-state index contributed by atoms with van der Waals surface area (Å²) in [6, 6.07) is 6.62. The molecule has 3 nitrogen and oxygen atoms in total. The van der Waals surface area contributed by atoms with Gasteiger partial charge in [0.25, 0.3) is 0 Å². The second-order valence-corrected chi connectivity index (χ2v) is 4.22. The molecule has 18 heavy (non-hydrogen) atoms. The lowest BCUT2D eigenvalue weighted by Crippen LogP contribution is -2.21. The Labute approximate surface area is 106 Å². The zero-order chi connectivity index (χ0) is 13.0. The molecule has 0 spiro atoms. The highest BCUT2D eigenvalue weighted by molar-refractivity contribution is 5.28. The van der Waals surface area contributed by atoms with Crippen molar-refractivity contribution < 1.29 is 4.39 Å². The van der Waals surface area contributed by atoms with Gasteiger partial charge in [0.05, 0.1) is 6.04 Å². The predicted octanol–water partition coefficient (Wildman–Crippen LogP) is 2.43. The van der Waals surface area contributed by atoms with Crippen LogP contribution in [0, 0.1) is 12.7 Å². The largest absolute Gasteiger partial charge is 0.310 e. The van der Waals surface area contributed by atoms with E-state index in [1.54, 1.807) is 30.6 Å². The van der Waals surface area contributed by atoms with Crippen molar-refractivity contribution in [2.45, 2.75) is 19.4 Å². The van der Waals surface area contributed by atoms with E-state index in [-0.39, 0.29) is 11.9 Å². The van der Waals surface area contributed by atoms with Crippen molar-refractivity contribution >= 4 is 0 Å². The van der Waals surface area contributed by atoms with Gasteiger partial charge in [-0.1, -0.05) is 6.07 Å². The van der Waals surface area contributed by atoms with Gasteiger partial charge in [-0.25, -0.2) is 14.4 Å². The molecule has 0 aliphatic carbocycles. The molecule has 94 valence electrons. The Hall–Kier alpha value is -1.81. The molecular weight excluding hydrogens is 229 g/mol. The molecule has 0 aliphatic rings. The first-order chi connectivity index (χ1) is 8.70. The monoisotopic (exact) mass is 245 g/mol. The van der Waals surface area contributed by atoms with E-state index in [9.17, 15) is 4.39 Å². The number of hydrogen-bond donors (Lipinski definition) is 1. The Kier molecular flexibility index (Phi) is 3.99. The van der Waals surface area contributed by atoms with Crippen molar-refractivity contribution in [3.8, 4) is 0 Å². The molecule has 0 saturated heterocycles. The number of likely N-dealkylation sites (N-methyl/N-ethyl adjacent to an activating group) is 1. The SMILES string of the molecule is CNC(Cc1cc(F)ccc1C)c1ncccn1. The van der Waals surface area contributed by atoms with Gasteiger partial charge in [0.15, 0.2) is 0 Å². The fraction of sp³-hybridized carbons (Fsp3) is 0.286. The molecule has 2 rings (SSSR count). The summed E-state index contributed by atoms with van der Waals surface area (Å²) in [5.74, 6) is 0.517. The molecule has 1 N–H and O–H groups in total. The summed E-state index contributed by atoms with van der Waals surface area (Å²) in [4.78, 5) is 8.46. The number of nitrogens with zero attached hydrogens (tertiary/aromatic N) is 2. The Bertz CT molecular complexity index is 514. The van der Waals surface area contributed by atoms with E-state index in [1.807, 2.05) is 14.0 Å². The Morgan fingerprint density at radius 2 is 2.00 bits per heavy atom. The Balaban J connectivity index is 2.23. The van der Waals surface area contributed by atoms with Crippen LogP contribution in [-0.2, 0) is 6.42 Å². The number of aryl methyl sites for hydroxylation is 1. The average molecular weight is 245 g/mol. The van der Waals surface area contributed by atoms with Crippen molar-refractivity contribution in [2.75, 3.05) is 7.05 Å². The van der Waals surface area contributed by atoms with Gasteiger partial charge in [0.2, 0.25) is 0 Å². The van der Waals surface area contributed by atoms with Crippen LogP contribution in [0.25, 0.3) is 0 Å². The lowest BCUT2D eigenvalue weighted by atomic mass is 10.0. The number of halogens is 1. The third kappa shape index (κ3) is 2.90. The summed E-state index contributed by atoms with van der Waals surface area (Å²) >= 11 is 0. The summed E-state index contributed by atoms with van der Waals surface area (Å²) in [6.07, 6.45) is 4.10. The molecular formula is C14H16FN3. The van der Waals surface area contributed by atoms with Gasteiger partial charge < -0.3 is 5.32 Å². The summed E-state index contributed by atoms with van der Waals surface area (Å²) in [5, 5.41) is 3.17. The van der Waals surface area contributed by atoms with Crippen LogP contribution in [0.2, 0.25) is 0 Å². The van der Waals surface area contributed by atoms with Crippen LogP contribution in [0.5, 0.6) is 0 Å². The van der Waals surface area contributed by atoms with E-state index in [1.165, 1.54) is 6.07 Å². The van der Waals surface area contributed by atoms with Gasteiger partial charge in [-0.2, -0.15) is 0 Å². The molecule has 1 aromatic heterocycles. The molecule has 4 heteroatoms. The maximum atomic E-state index is 13.3. The summed E-state index contributed by atoms with van der Waals surface area (Å²) < 4.78 is 13.3. The quantitative estimate of drug-likeness (QED) is 0.899. The molecule has 0 aliphatic heterocycles. The number of rotatable bonds is 4. The topological polar surface area (TPSA) is 37.8 Å². The number of benzene rings is 1. The van der Waals surface area contributed by atoms with Crippen molar-refractivity contribution in [3.05, 3.63) is 59.4 Å². The summed E-state index contributed by atoms with van der Waals surface area (Å²) in [5.41, 5.74) is 2.05. The lowest BCUT2D eigenvalue weighted by Gasteiger charge is -2.16. The maximum Gasteiger partial charge on any atom is 0.145 e. The van der Waals surface area contributed by atoms with Crippen molar-refractivity contribution in [1.82, 2.24) is 15.3 Å². The molecule has 1 unspecified atom stereocenters. The van der Waals surface area contributed by atoms with Crippen LogP contribution in [0.15, 0.2) is 36.7 Å². The molecule has 1 aromatic carbocycles. The first-order valence-corrected chi connectivity index (χ1v) is 5.90. The molecule has 0 bridgehead atoms. The second-order valence-electron chi connectivity index (χ2n) is 4.22. The van der Waals surface area contributed by atoms with Crippen LogP contribution in [0.1, 0.15) is 23.0 Å². The van der Waals surface area contributed by atoms with Crippen LogP contribution < -0.4 is 5.32 Å². The third-order valence-electron chi connectivity index (χ3n) is 2.98. The minimum Gasteiger partial charge on any atom is -0.310 e. The zero-order valence-electron chi connectivity index (χ0n) is 10.5. The molecule has 0 saturated carbocycles. The molecule has 0 amide bonds. The summed E-state index contributed by atoms with van der Waals surface area (Å²) in [6.45, 7) is 1.98. The van der Waals surface area contributed by atoms with Crippen LogP contribution in [0.4, 0.5) is 4.39 Å². The van der Waals surface area contributed by atoms with E-state index >= 15 is 0 Å². The first-order valence-electron chi connectivity index (χ1n) is 5.90. The third-order valence-corrected chi connectivity index (χ3v) is 2.98. The number of nitrogens with one attached hydrogen (secondary N) is 1. The highest BCUT2D eigenvalue weighted by Crippen LogP contribution is 2.18. The van der Waals surface area contributed by atoms with Crippen LogP contribution >= 0.6 is 0 Å². The van der Waals surface area contributed by atoms with Gasteiger partial charge in [0, 0.05) is 12.4 Å². The standard InChI is InChI=1S/C14H16FN3/c1-10-4-5-12(15)8-11(10)9-13(16-2)14-17-6-3-7-18-14/h3-8,13,16H,9H2,1-2H3. The van der Waals surface area contributed by atoms with Crippen LogP contribution in [0.3, 0.4) is 0 Å². The van der Waals surface area contributed by atoms with E-state index in [0.717, 1.165) is 17.0 Å². The van der Waals surface area contributed by atoms with E-state index in [4.69, 9.17) is 0 Å². The average Bonchev–Trinajstić information content (AvgIpc) is 2.41. The summed E-state index contributed by atoms with van der Waals surface area (Å²) in [7, 11) is 1.86. The highest BCUT2D eigenvalue weighted by atomic mass is 19.1. The van der Waals surface area contributed by atoms with Crippen molar-refractivity contribution in [1.29, 1.82) is 0 Å². The van der Waals surface area contributed by atoms with Gasteiger partial charge in [-0.15, -0.1) is 0 Å². The zero-order valence-corrected chi connectivity index (χ0v) is 10.5. The van der Waals surface area contributed by atoms with E-state index < -0.39 is 0 Å². The molecule has 1 heterocycles. The minimum absolute atomic E-state index is 0.00769. The highest BCUT2D eigenvalue weighted by Gasteiger charge is 2.14. The van der Waals surface area contributed by atoms with Crippen molar-refractivity contribution in [2.24, 2.45) is 0 Å². The van der Waals surface area contributed by atoms with Gasteiger partial charge >= 0.3 is 0 Å². The Morgan fingerprint density at radius 1 is 1.28 bits per heavy atom. The smallest absolute Gasteiger partial charge is 0.145 e. The fourth-order valence-corrected chi connectivity index (χ4v) is 1.89. The van der Waals surface area contributed by atoms with Gasteiger partial charge in [-0.05, 0) is 49.7 Å². The fourth-order valence-electron chi connectivity index (χ4n) is 1.89. The normalized spacial score (nSPS) is 12.4. The first kappa shape index (κ1) is 12.6.